The zero-order valence-electron chi connectivity index (χ0n) is 14.4. The Bertz CT molecular complexity index is 597. The summed E-state index contributed by atoms with van der Waals surface area (Å²) in [5, 5.41) is 0.245. The van der Waals surface area contributed by atoms with Gasteiger partial charge in [-0.25, -0.2) is 0 Å². The second-order valence-electron chi connectivity index (χ2n) is 7.43. The Morgan fingerprint density at radius 2 is 1.68 bits per heavy atom. The largest absolute Gasteiger partial charge is 0.413 e. The Hall–Kier alpha value is -1.38. The average molecular weight is 312 g/mol. The first-order valence-electron chi connectivity index (χ1n) is 7.95. The second kappa shape index (κ2) is 6.80. The summed E-state index contributed by atoms with van der Waals surface area (Å²) in [6.45, 7) is 12.1. The maximum Gasteiger partial charge on any atom is 0.192 e. The minimum Gasteiger partial charge on any atom is -0.413 e. The van der Waals surface area contributed by atoms with Crippen molar-refractivity contribution in [3.8, 4) is 0 Å². The van der Waals surface area contributed by atoms with E-state index >= 15 is 0 Å². The van der Waals surface area contributed by atoms with Crippen LogP contribution >= 0.6 is 0 Å². The fraction of sp³-hybridized carbons (Fsp3) is 0.400. The van der Waals surface area contributed by atoms with E-state index in [-0.39, 0.29) is 5.04 Å². The summed E-state index contributed by atoms with van der Waals surface area (Å²) >= 11 is 0. The van der Waals surface area contributed by atoms with Crippen LogP contribution in [0.5, 0.6) is 0 Å². The monoisotopic (exact) mass is 311 g/mol. The Morgan fingerprint density at radius 1 is 1.00 bits per heavy atom. The number of hydrogen-bond acceptors (Lipinski definition) is 1. The normalized spacial score (nSPS) is 12.4. The number of hydrogen-bond donors (Lipinski definition) is 0. The van der Waals surface area contributed by atoms with E-state index in [4.69, 9.17) is 4.43 Å². The fourth-order valence-corrected chi connectivity index (χ4v) is 3.02. The molecular weight excluding hydrogens is 284 g/mol. The Labute approximate surface area is 136 Å². The van der Waals surface area contributed by atoms with Crippen molar-refractivity contribution in [2.45, 2.75) is 51.9 Å². The van der Waals surface area contributed by atoms with Crippen LogP contribution in [-0.4, -0.2) is 8.32 Å². The molecule has 0 unspecified atom stereocenters. The van der Waals surface area contributed by atoms with Crippen molar-refractivity contribution in [3.05, 3.63) is 71.3 Å². The summed E-state index contributed by atoms with van der Waals surface area (Å²) in [5.74, 6) is 0. The molecule has 1 nitrogen and oxygen atoms in total. The molecule has 0 heterocycles. The van der Waals surface area contributed by atoms with Crippen LogP contribution in [0.25, 0.3) is 0 Å². The van der Waals surface area contributed by atoms with E-state index in [1.165, 1.54) is 11.1 Å². The summed E-state index contributed by atoms with van der Waals surface area (Å²) in [6.07, 6.45) is 0.961. The Balaban J connectivity index is 2.03. The van der Waals surface area contributed by atoms with Crippen molar-refractivity contribution >= 4 is 8.32 Å². The van der Waals surface area contributed by atoms with Crippen LogP contribution in [0.15, 0.2) is 48.5 Å². The average Bonchev–Trinajstić information content (AvgIpc) is 2.46. The molecule has 1 radical (unpaired) electrons. The van der Waals surface area contributed by atoms with Gasteiger partial charge >= 0.3 is 0 Å². The highest BCUT2D eigenvalue weighted by Gasteiger charge is 2.36. The molecule has 2 heteroatoms. The van der Waals surface area contributed by atoms with Crippen LogP contribution in [0.3, 0.4) is 0 Å². The van der Waals surface area contributed by atoms with Gasteiger partial charge in [-0.2, -0.15) is 0 Å². The Morgan fingerprint density at radius 3 is 2.32 bits per heavy atom. The van der Waals surface area contributed by atoms with Crippen LogP contribution in [0.1, 0.15) is 37.5 Å². The van der Waals surface area contributed by atoms with Gasteiger partial charge in [-0.05, 0) is 47.3 Å². The standard InChI is InChI=1S/C20H27OSi/c1-20(2,3)22(4,5)21-16-19-13-9-12-18(15-19)14-17-10-7-6-8-11-17/h6-12,15H,14,16H2,1-5H3. The summed E-state index contributed by atoms with van der Waals surface area (Å²) in [5.41, 5.74) is 3.81. The maximum atomic E-state index is 6.29. The van der Waals surface area contributed by atoms with Crippen molar-refractivity contribution in [2.75, 3.05) is 0 Å². The van der Waals surface area contributed by atoms with Gasteiger partial charge in [-0.1, -0.05) is 69.3 Å². The number of benzene rings is 2. The highest BCUT2D eigenvalue weighted by atomic mass is 28.4. The van der Waals surface area contributed by atoms with Gasteiger partial charge in [0.2, 0.25) is 0 Å². The van der Waals surface area contributed by atoms with Gasteiger partial charge in [0.15, 0.2) is 8.32 Å². The van der Waals surface area contributed by atoms with E-state index in [1.54, 1.807) is 0 Å². The third-order valence-corrected chi connectivity index (χ3v) is 9.05. The quantitative estimate of drug-likeness (QED) is 0.653. The highest BCUT2D eigenvalue weighted by molar-refractivity contribution is 6.74. The van der Waals surface area contributed by atoms with Crippen LogP contribution in [0.2, 0.25) is 18.1 Å². The third-order valence-electron chi connectivity index (χ3n) is 4.57. The molecule has 2 aromatic rings. The van der Waals surface area contributed by atoms with Gasteiger partial charge in [0, 0.05) is 0 Å². The van der Waals surface area contributed by atoms with Gasteiger partial charge < -0.3 is 4.43 Å². The van der Waals surface area contributed by atoms with Gasteiger partial charge in [-0.3, -0.25) is 0 Å². The lowest BCUT2D eigenvalue weighted by atomic mass is 10.0. The summed E-state index contributed by atoms with van der Waals surface area (Å²) in [6, 6.07) is 20.3. The van der Waals surface area contributed by atoms with Crippen molar-refractivity contribution in [1.82, 2.24) is 0 Å². The highest BCUT2D eigenvalue weighted by Crippen LogP contribution is 2.37. The van der Waals surface area contributed by atoms with Crippen molar-refractivity contribution in [3.63, 3.8) is 0 Å². The molecule has 0 fully saturated rings. The summed E-state index contributed by atoms with van der Waals surface area (Å²) in [4.78, 5) is 0. The van der Waals surface area contributed by atoms with Crippen molar-refractivity contribution in [1.29, 1.82) is 0 Å². The molecule has 117 valence electrons. The predicted octanol–water partition coefficient (Wildman–Crippen LogP) is 5.60. The van der Waals surface area contributed by atoms with Gasteiger partial charge in [-0.15, -0.1) is 0 Å². The molecule has 0 aromatic heterocycles. The van der Waals surface area contributed by atoms with E-state index in [1.807, 2.05) is 6.07 Å². The lowest BCUT2D eigenvalue weighted by molar-refractivity contribution is 0.276. The van der Waals surface area contributed by atoms with Crippen LogP contribution in [0, 0.1) is 6.07 Å². The SMILES string of the molecule is CC(C)(C)[Si](C)(C)OCc1[c]ccc(Cc2ccccc2)c1. The van der Waals surface area contributed by atoms with E-state index in [0.717, 1.165) is 12.0 Å². The van der Waals surface area contributed by atoms with Crippen molar-refractivity contribution in [2.24, 2.45) is 0 Å². The summed E-state index contributed by atoms with van der Waals surface area (Å²) in [7, 11) is -1.70. The molecule has 0 aliphatic heterocycles. The van der Waals surface area contributed by atoms with Crippen LogP contribution in [-0.2, 0) is 17.5 Å². The fourth-order valence-electron chi connectivity index (χ4n) is 2.07. The predicted molar refractivity (Wildman–Crippen MR) is 96.5 cm³/mol. The molecule has 0 atom stereocenters. The lowest BCUT2D eigenvalue weighted by Gasteiger charge is -2.36. The zero-order valence-corrected chi connectivity index (χ0v) is 15.4. The second-order valence-corrected chi connectivity index (χ2v) is 12.2. The third kappa shape index (κ3) is 4.55. The minimum absolute atomic E-state index is 0.245. The first-order valence-corrected chi connectivity index (χ1v) is 10.9. The first kappa shape index (κ1) is 17.0. The van der Waals surface area contributed by atoms with Gasteiger partial charge in [0.25, 0.3) is 0 Å². The smallest absolute Gasteiger partial charge is 0.192 e. The van der Waals surface area contributed by atoms with Gasteiger partial charge in [0.1, 0.15) is 0 Å². The molecule has 0 spiro atoms. The van der Waals surface area contributed by atoms with Crippen molar-refractivity contribution < 1.29 is 4.43 Å². The van der Waals surface area contributed by atoms with Crippen LogP contribution in [0.4, 0.5) is 0 Å². The van der Waals surface area contributed by atoms with Gasteiger partial charge in [0.05, 0.1) is 6.61 Å². The molecule has 0 N–H and O–H groups in total. The maximum absolute atomic E-state index is 6.29. The molecular formula is C20H27OSi. The molecule has 2 rings (SSSR count). The topological polar surface area (TPSA) is 9.23 Å². The first-order chi connectivity index (χ1) is 10.3. The Kier molecular flexibility index (Phi) is 5.25. The molecule has 0 aliphatic rings. The number of rotatable bonds is 5. The zero-order chi connectivity index (χ0) is 16.2. The molecule has 22 heavy (non-hydrogen) atoms. The van der Waals surface area contributed by atoms with E-state index in [2.05, 4.69) is 82.4 Å². The van der Waals surface area contributed by atoms with E-state index in [0.29, 0.717) is 6.61 Å². The summed E-state index contributed by atoms with van der Waals surface area (Å²) < 4.78 is 6.29. The lowest BCUT2D eigenvalue weighted by Crippen LogP contribution is -2.40. The molecule has 0 amide bonds. The molecule has 0 aliphatic carbocycles. The van der Waals surface area contributed by atoms with E-state index in [9.17, 15) is 0 Å². The van der Waals surface area contributed by atoms with E-state index < -0.39 is 8.32 Å². The molecule has 0 saturated carbocycles. The molecule has 2 aromatic carbocycles. The molecule has 0 saturated heterocycles. The minimum atomic E-state index is -1.70. The van der Waals surface area contributed by atoms with Crippen LogP contribution < -0.4 is 0 Å². The molecule has 0 bridgehead atoms.